The number of carboxylic acid groups (broad SMARTS) is 1. The van der Waals surface area contributed by atoms with E-state index in [-0.39, 0.29) is 18.9 Å². The molecule has 21 heavy (non-hydrogen) atoms. The van der Waals surface area contributed by atoms with Crippen LogP contribution in [0.3, 0.4) is 0 Å². The minimum Gasteiger partial charge on any atom is -0.480 e. The number of hydrogen-bond acceptors (Lipinski definition) is 3. The van der Waals surface area contributed by atoms with Crippen molar-refractivity contribution in [1.29, 1.82) is 0 Å². The minimum atomic E-state index is -1.21. The van der Waals surface area contributed by atoms with Gasteiger partial charge < -0.3 is 15.3 Å². The molecule has 0 aliphatic heterocycles. The highest BCUT2D eigenvalue weighted by Crippen LogP contribution is 2.02. The van der Waals surface area contributed by atoms with Crippen LogP contribution in [0.5, 0.6) is 0 Å². The summed E-state index contributed by atoms with van der Waals surface area (Å²) in [5, 5.41) is 11.2. The Bertz CT molecular complexity index is 563. The van der Waals surface area contributed by atoms with Crippen molar-refractivity contribution in [2.24, 2.45) is 0 Å². The molecule has 0 aliphatic rings. The number of likely N-dealkylation sites (N-methyl/N-ethyl adjacent to an activating group) is 1. The van der Waals surface area contributed by atoms with Crippen LogP contribution in [0, 0.1) is 12.3 Å². The van der Waals surface area contributed by atoms with E-state index >= 15 is 0 Å². The van der Waals surface area contributed by atoms with Crippen LogP contribution in [0.1, 0.15) is 16.8 Å². The fourth-order valence-corrected chi connectivity index (χ4v) is 1.65. The second-order valence-corrected chi connectivity index (χ2v) is 4.39. The number of amides is 2. The highest BCUT2D eigenvalue weighted by atomic mass is 16.4. The summed E-state index contributed by atoms with van der Waals surface area (Å²) >= 11 is 0. The van der Waals surface area contributed by atoms with E-state index in [4.69, 9.17) is 11.5 Å². The van der Waals surface area contributed by atoms with E-state index in [9.17, 15) is 14.4 Å². The summed E-state index contributed by atoms with van der Waals surface area (Å²) in [7, 11) is 1.46. The third-order valence-corrected chi connectivity index (χ3v) is 2.70. The van der Waals surface area contributed by atoms with Gasteiger partial charge >= 0.3 is 5.97 Å². The Morgan fingerprint density at radius 3 is 2.48 bits per heavy atom. The minimum absolute atomic E-state index is 0.114. The zero-order valence-corrected chi connectivity index (χ0v) is 11.6. The van der Waals surface area contributed by atoms with E-state index in [1.54, 1.807) is 30.3 Å². The van der Waals surface area contributed by atoms with Crippen molar-refractivity contribution in [3.63, 3.8) is 0 Å². The van der Waals surface area contributed by atoms with Gasteiger partial charge in [-0.2, -0.15) is 0 Å². The maximum absolute atomic E-state index is 12.0. The molecular formula is C15H16N2O4. The van der Waals surface area contributed by atoms with Gasteiger partial charge in [-0.05, 0) is 12.1 Å². The Hall–Kier alpha value is -2.81. The molecule has 0 saturated heterocycles. The molecule has 0 aliphatic carbocycles. The summed E-state index contributed by atoms with van der Waals surface area (Å²) in [6.45, 7) is -0.248. The molecule has 0 spiro atoms. The Kier molecular flexibility index (Phi) is 5.96. The molecule has 1 unspecified atom stereocenters. The maximum atomic E-state index is 12.0. The van der Waals surface area contributed by atoms with Crippen LogP contribution in [0.2, 0.25) is 0 Å². The number of benzene rings is 1. The van der Waals surface area contributed by atoms with Crippen molar-refractivity contribution in [2.45, 2.75) is 12.5 Å². The summed E-state index contributed by atoms with van der Waals surface area (Å²) in [6.07, 6.45) is 4.93. The van der Waals surface area contributed by atoms with Gasteiger partial charge in [-0.25, -0.2) is 4.79 Å². The van der Waals surface area contributed by atoms with Crippen LogP contribution < -0.4 is 5.32 Å². The number of aliphatic carboxylic acids is 1. The largest absolute Gasteiger partial charge is 0.480 e. The summed E-state index contributed by atoms with van der Waals surface area (Å²) in [5.74, 6) is 0.0668. The van der Waals surface area contributed by atoms with Gasteiger partial charge in [0, 0.05) is 19.0 Å². The van der Waals surface area contributed by atoms with Crippen LogP contribution >= 0.6 is 0 Å². The van der Waals surface area contributed by atoms with Crippen molar-refractivity contribution in [2.75, 3.05) is 13.6 Å². The van der Waals surface area contributed by atoms with Crippen LogP contribution in [0.25, 0.3) is 0 Å². The Balaban J connectivity index is 2.60. The predicted molar refractivity (Wildman–Crippen MR) is 76.4 cm³/mol. The number of nitrogens with zero attached hydrogens (tertiary/aromatic N) is 1. The average Bonchev–Trinajstić information content (AvgIpc) is 2.46. The van der Waals surface area contributed by atoms with E-state index in [1.165, 1.54) is 11.9 Å². The second kappa shape index (κ2) is 7.70. The lowest BCUT2D eigenvalue weighted by atomic mass is 10.2. The lowest BCUT2D eigenvalue weighted by molar-refractivity contribution is -0.141. The van der Waals surface area contributed by atoms with E-state index in [0.29, 0.717) is 5.56 Å². The van der Waals surface area contributed by atoms with Crippen molar-refractivity contribution in [1.82, 2.24) is 10.2 Å². The van der Waals surface area contributed by atoms with Crippen LogP contribution in [-0.2, 0) is 9.59 Å². The van der Waals surface area contributed by atoms with E-state index in [1.807, 2.05) is 0 Å². The van der Waals surface area contributed by atoms with Crippen molar-refractivity contribution in [3.8, 4) is 12.3 Å². The Morgan fingerprint density at radius 2 is 1.95 bits per heavy atom. The van der Waals surface area contributed by atoms with Crippen molar-refractivity contribution < 1.29 is 19.5 Å². The zero-order valence-electron chi connectivity index (χ0n) is 11.6. The van der Waals surface area contributed by atoms with Gasteiger partial charge in [0.25, 0.3) is 5.91 Å². The fourth-order valence-electron chi connectivity index (χ4n) is 1.65. The molecule has 2 amide bonds. The predicted octanol–water partition coefficient (Wildman–Crippen LogP) is 0.351. The van der Waals surface area contributed by atoms with Gasteiger partial charge in [-0.15, -0.1) is 12.3 Å². The molecule has 0 bridgehead atoms. The van der Waals surface area contributed by atoms with E-state index < -0.39 is 17.9 Å². The molecule has 0 aromatic heterocycles. The SMILES string of the molecule is C#CCC(NC(=O)CN(C)C(=O)c1ccccc1)C(=O)O. The third-order valence-electron chi connectivity index (χ3n) is 2.70. The Morgan fingerprint density at radius 1 is 1.33 bits per heavy atom. The lowest BCUT2D eigenvalue weighted by Crippen LogP contribution is -2.45. The molecule has 1 aromatic rings. The molecular weight excluding hydrogens is 272 g/mol. The van der Waals surface area contributed by atoms with Crippen LogP contribution in [0.15, 0.2) is 30.3 Å². The fraction of sp³-hybridized carbons (Fsp3) is 0.267. The molecule has 1 aromatic carbocycles. The summed E-state index contributed by atoms with van der Waals surface area (Å²) in [4.78, 5) is 35.8. The number of rotatable bonds is 6. The summed E-state index contributed by atoms with van der Waals surface area (Å²) in [5.41, 5.74) is 0.450. The quantitative estimate of drug-likeness (QED) is 0.740. The third kappa shape index (κ3) is 4.99. The first-order chi connectivity index (χ1) is 9.95. The smallest absolute Gasteiger partial charge is 0.327 e. The summed E-state index contributed by atoms with van der Waals surface area (Å²) < 4.78 is 0. The zero-order chi connectivity index (χ0) is 15.8. The molecule has 0 radical (unpaired) electrons. The number of hydrogen-bond donors (Lipinski definition) is 2. The Labute approximate surface area is 122 Å². The lowest BCUT2D eigenvalue weighted by Gasteiger charge is -2.18. The molecule has 1 atom stereocenters. The molecule has 0 fully saturated rings. The normalized spacial score (nSPS) is 11.0. The van der Waals surface area contributed by atoms with Gasteiger partial charge in [0.05, 0.1) is 6.54 Å². The van der Waals surface area contributed by atoms with Gasteiger partial charge in [0.2, 0.25) is 5.91 Å². The van der Waals surface area contributed by atoms with Gasteiger partial charge in [-0.3, -0.25) is 9.59 Å². The molecule has 0 heterocycles. The first-order valence-corrected chi connectivity index (χ1v) is 6.22. The second-order valence-electron chi connectivity index (χ2n) is 4.39. The molecule has 6 heteroatoms. The number of nitrogens with one attached hydrogen (secondary N) is 1. The number of carbonyl (C=O) groups excluding carboxylic acids is 2. The van der Waals surface area contributed by atoms with E-state index in [0.717, 1.165) is 0 Å². The van der Waals surface area contributed by atoms with Crippen LogP contribution in [0.4, 0.5) is 0 Å². The highest BCUT2D eigenvalue weighted by Gasteiger charge is 2.21. The number of carbonyl (C=O) groups is 3. The molecule has 110 valence electrons. The molecule has 0 saturated carbocycles. The molecule has 6 nitrogen and oxygen atoms in total. The molecule has 2 N–H and O–H groups in total. The van der Waals surface area contributed by atoms with Gasteiger partial charge in [-0.1, -0.05) is 18.2 Å². The first-order valence-electron chi connectivity index (χ1n) is 6.22. The summed E-state index contributed by atoms with van der Waals surface area (Å²) in [6, 6.07) is 7.33. The average molecular weight is 288 g/mol. The van der Waals surface area contributed by atoms with Crippen molar-refractivity contribution in [3.05, 3.63) is 35.9 Å². The topological polar surface area (TPSA) is 86.7 Å². The van der Waals surface area contributed by atoms with E-state index in [2.05, 4.69) is 11.2 Å². The van der Waals surface area contributed by atoms with Crippen LogP contribution in [-0.4, -0.2) is 47.4 Å². The maximum Gasteiger partial charge on any atom is 0.327 e. The standard InChI is InChI=1S/C15H16N2O4/c1-3-7-12(15(20)21)16-13(18)10-17(2)14(19)11-8-5-4-6-9-11/h1,4-6,8-9,12H,7,10H2,2H3,(H,16,18)(H,20,21). The monoisotopic (exact) mass is 288 g/mol. The molecule has 1 rings (SSSR count). The number of carboxylic acids is 1. The van der Waals surface area contributed by atoms with Gasteiger partial charge in [0.15, 0.2) is 0 Å². The van der Waals surface area contributed by atoms with Gasteiger partial charge in [0.1, 0.15) is 6.04 Å². The first kappa shape index (κ1) is 16.2. The number of terminal acetylenes is 1. The highest BCUT2D eigenvalue weighted by molar-refractivity contribution is 5.96. The van der Waals surface area contributed by atoms with Crippen molar-refractivity contribution >= 4 is 17.8 Å².